The average Bonchev–Trinajstić information content (AvgIpc) is 2.70. The summed E-state index contributed by atoms with van der Waals surface area (Å²) in [6.07, 6.45) is 10.5. The van der Waals surface area contributed by atoms with Gasteiger partial charge in [0.2, 0.25) is 0 Å². The van der Waals surface area contributed by atoms with Gasteiger partial charge in [-0.25, -0.2) is 0 Å². The molecule has 0 atom stereocenters. The van der Waals surface area contributed by atoms with Crippen LogP contribution in [0.5, 0.6) is 0 Å². The Morgan fingerprint density at radius 3 is 3.00 bits per heavy atom. The van der Waals surface area contributed by atoms with Gasteiger partial charge in [-0.3, -0.25) is 0 Å². The van der Waals surface area contributed by atoms with E-state index in [9.17, 15) is 0 Å². The summed E-state index contributed by atoms with van der Waals surface area (Å²) in [5.41, 5.74) is 2.76. The third-order valence-corrected chi connectivity index (χ3v) is 2.49. The third kappa shape index (κ3) is 5.55. The zero-order chi connectivity index (χ0) is 10.9. The molecular formula is C13H21NO. The molecule has 2 N–H and O–H groups in total. The molecule has 2 nitrogen and oxygen atoms in total. The normalized spacial score (nSPS) is 14.3. The van der Waals surface area contributed by atoms with Crippen molar-refractivity contribution in [1.82, 2.24) is 5.32 Å². The molecule has 0 radical (unpaired) electrons. The minimum absolute atomic E-state index is 0.270. The second-order valence-electron chi connectivity index (χ2n) is 3.96. The Labute approximate surface area is 92.4 Å². The highest BCUT2D eigenvalue weighted by Gasteiger charge is 2.01. The van der Waals surface area contributed by atoms with E-state index in [1.165, 1.54) is 11.1 Å². The van der Waals surface area contributed by atoms with E-state index >= 15 is 0 Å². The van der Waals surface area contributed by atoms with Crippen molar-refractivity contribution in [2.75, 3.05) is 19.7 Å². The van der Waals surface area contributed by atoms with Gasteiger partial charge < -0.3 is 10.4 Å². The number of rotatable bonds is 8. The molecule has 15 heavy (non-hydrogen) atoms. The van der Waals surface area contributed by atoms with Crippen LogP contribution >= 0.6 is 0 Å². The summed E-state index contributed by atoms with van der Waals surface area (Å²) in [5.74, 6) is 0. The van der Waals surface area contributed by atoms with Crippen molar-refractivity contribution in [1.29, 1.82) is 0 Å². The van der Waals surface area contributed by atoms with E-state index in [1.54, 1.807) is 0 Å². The van der Waals surface area contributed by atoms with E-state index in [-0.39, 0.29) is 6.61 Å². The monoisotopic (exact) mass is 207 g/mol. The molecule has 0 saturated carbocycles. The molecule has 0 bridgehead atoms. The number of hydrogen-bond acceptors (Lipinski definition) is 2. The summed E-state index contributed by atoms with van der Waals surface area (Å²) in [4.78, 5) is 0. The van der Waals surface area contributed by atoms with E-state index in [0.29, 0.717) is 0 Å². The molecule has 0 saturated heterocycles. The van der Waals surface area contributed by atoms with Gasteiger partial charge in [0.15, 0.2) is 0 Å². The minimum Gasteiger partial charge on any atom is -0.396 e. The summed E-state index contributed by atoms with van der Waals surface area (Å²) in [5, 5.41) is 11.9. The van der Waals surface area contributed by atoms with Crippen LogP contribution in [0.3, 0.4) is 0 Å². The highest BCUT2D eigenvalue weighted by Crippen LogP contribution is 2.19. The van der Waals surface area contributed by atoms with Crippen LogP contribution in [-0.2, 0) is 0 Å². The summed E-state index contributed by atoms with van der Waals surface area (Å²) < 4.78 is 0. The summed E-state index contributed by atoms with van der Waals surface area (Å²) >= 11 is 0. The predicted molar refractivity (Wildman–Crippen MR) is 64.8 cm³/mol. The first-order valence-electron chi connectivity index (χ1n) is 5.65. The first-order chi connectivity index (χ1) is 7.33. The van der Waals surface area contributed by atoms with Gasteiger partial charge in [-0.15, -0.1) is 0 Å². The molecule has 0 spiro atoms. The largest absolute Gasteiger partial charge is 0.396 e. The van der Waals surface area contributed by atoms with Crippen LogP contribution in [0.15, 0.2) is 36.0 Å². The fourth-order valence-corrected chi connectivity index (χ4v) is 1.63. The van der Waals surface area contributed by atoms with Gasteiger partial charge in [0.25, 0.3) is 0 Å². The highest BCUT2D eigenvalue weighted by atomic mass is 16.3. The lowest BCUT2D eigenvalue weighted by atomic mass is 10.0. The molecule has 2 heteroatoms. The predicted octanol–water partition coefficient (Wildman–Crippen LogP) is 2.18. The molecule has 0 aromatic rings. The Kier molecular flexibility index (Phi) is 6.05. The van der Waals surface area contributed by atoms with Crippen molar-refractivity contribution < 1.29 is 5.11 Å². The van der Waals surface area contributed by atoms with Crippen LogP contribution in [-0.4, -0.2) is 24.8 Å². The molecule has 0 aromatic carbocycles. The van der Waals surface area contributed by atoms with Gasteiger partial charge in [-0.1, -0.05) is 36.0 Å². The first kappa shape index (κ1) is 12.2. The summed E-state index contributed by atoms with van der Waals surface area (Å²) in [6, 6.07) is 0. The summed E-state index contributed by atoms with van der Waals surface area (Å²) in [6.45, 7) is 6.22. The van der Waals surface area contributed by atoms with Gasteiger partial charge >= 0.3 is 0 Å². The number of nitrogens with one attached hydrogen (secondary N) is 1. The van der Waals surface area contributed by atoms with Crippen LogP contribution in [0.1, 0.15) is 25.7 Å². The Hall–Kier alpha value is -0.860. The molecule has 0 aliphatic heterocycles. The van der Waals surface area contributed by atoms with Crippen molar-refractivity contribution in [3.63, 3.8) is 0 Å². The van der Waals surface area contributed by atoms with Gasteiger partial charge in [0.1, 0.15) is 0 Å². The molecule has 0 heterocycles. The molecule has 0 unspecified atom stereocenters. The lowest BCUT2D eigenvalue weighted by Crippen LogP contribution is -2.17. The Morgan fingerprint density at radius 1 is 1.47 bits per heavy atom. The zero-order valence-electron chi connectivity index (χ0n) is 9.34. The Morgan fingerprint density at radius 2 is 2.33 bits per heavy atom. The van der Waals surface area contributed by atoms with Crippen LogP contribution in [0.4, 0.5) is 0 Å². The second kappa shape index (κ2) is 7.43. The minimum atomic E-state index is 0.270. The fraction of sp³-hybridized carbons (Fsp3) is 0.538. The standard InChI is InChI=1S/C13H21NO/c1-12(7-9-14-8-4-10-15)11-13-5-2-3-6-13/h2-3,5,14-15H,1,4,6-11H2. The van der Waals surface area contributed by atoms with Crippen molar-refractivity contribution >= 4 is 0 Å². The maximum absolute atomic E-state index is 8.59. The molecule has 0 aromatic heterocycles. The molecule has 1 aliphatic carbocycles. The lowest BCUT2D eigenvalue weighted by molar-refractivity contribution is 0.286. The molecule has 0 fully saturated rings. The highest BCUT2D eigenvalue weighted by molar-refractivity contribution is 5.26. The second-order valence-corrected chi connectivity index (χ2v) is 3.96. The molecule has 1 rings (SSSR count). The smallest absolute Gasteiger partial charge is 0.0443 e. The number of aliphatic hydroxyl groups is 1. The van der Waals surface area contributed by atoms with E-state index < -0.39 is 0 Å². The molecular weight excluding hydrogens is 186 g/mol. The fourth-order valence-electron chi connectivity index (χ4n) is 1.63. The maximum atomic E-state index is 8.59. The van der Waals surface area contributed by atoms with Crippen molar-refractivity contribution in [2.24, 2.45) is 0 Å². The van der Waals surface area contributed by atoms with Gasteiger partial charge in [0.05, 0.1) is 0 Å². The van der Waals surface area contributed by atoms with E-state index in [1.807, 2.05) is 0 Å². The van der Waals surface area contributed by atoms with E-state index in [0.717, 1.165) is 38.8 Å². The molecule has 1 aliphatic rings. The van der Waals surface area contributed by atoms with E-state index in [4.69, 9.17) is 5.11 Å². The SMILES string of the molecule is C=C(CCNCCCO)CC1=CC=CC1. The van der Waals surface area contributed by atoms with E-state index in [2.05, 4.69) is 30.1 Å². The topological polar surface area (TPSA) is 32.3 Å². The average molecular weight is 207 g/mol. The van der Waals surface area contributed by atoms with Gasteiger partial charge in [0, 0.05) is 6.61 Å². The number of allylic oxidation sites excluding steroid dienone is 4. The summed E-state index contributed by atoms with van der Waals surface area (Å²) in [7, 11) is 0. The molecule has 84 valence electrons. The number of hydrogen-bond donors (Lipinski definition) is 2. The van der Waals surface area contributed by atoms with Gasteiger partial charge in [-0.05, 0) is 38.8 Å². The van der Waals surface area contributed by atoms with Crippen LogP contribution in [0, 0.1) is 0 Å². The van der Waals surface area contributed by atoms with Crippen LogP contribution in [0.25, 0.3) is 0 Å². The van der Waals surface area contributed by atoms with Crippen molar-refractivity contribution in [3.8, 4) is 0 Å². The Bertz CT molecular complexity index is 253. The van der Waals surface area contributed by atoms with Crippen molar-refractivity contribution in [2.45, 2.75) is 25.7 Å². The van der Waals surface area contributed by atoms with Crippen molar-refractivity contribution in [3.05, 3.63) is 36.0 Å². The van der Waals surface area contributed by atoms with Crippen LogP contribution < -0.4 is 5.32 Å². The zero-order valence-corrected chi connectivity index (χ0v) is 9.34. The third-order valence-electron chi connectivity index (χ3n) is 2.49. The molecule has 0 amide bonds. The lowest BCUT2D eigenvalue weighted by Gasteiger charge is -2.07. The number of aliphatic hydroxyl groups excluding tert-OH is 1. The Balaban J connectivity index is 1.99. The maximum Gasteiger partial charge on any atom is 0.0443 e. The van der Waals surface area contributed by atoms with Gasteiger partial charge in [-0.2, -0.15) is 0 Å². The quantitative estimate of drug-likeness (QED) is 0.472. The van der Waals surface area contributed by atoms with Crippen LogP contribution in [0.2, 0.25) is 0 Å². The first-order valence-corrected chi connectivity index (χ1v) is 5.65.